The van der Waals surface area contributed by atoms with Crippen LogP contribution in [0.4, 0.5) is 10.1 Å². The number of H-pyrrole nitrogens is 1. The van der Waals surface area contributed by atoms with Crippen LogP contribution in [0.3, 0.4) is 0 Å². The van der Waals surface area contributed by atoms with E-state index in [0.29, 0.717) is 16.7 Å². The van der Waals surface area contributed by atoms with Gasteiger partial charge in [-0.3, -0.25) is 5.10 Å². The van der Waals surface area contributed by atoms with Gasteiger partial charge in [0, 0.05) is 0 Å². The second-order valence-corrected chi connectivity index (χ2v) is 2.45. The number of aromatic amines is 1. The highest BCUT2D eigenvalue weighted by molar-refractivity contribution is 5.83. The highest BCUT2D eigenvalue weighted by atomic mass is 19.1. The van der Waals surface area contributed by atoms with Gasteiger partial charge in [0.2, 0.25) is 12.7 Å². The summed E-state index contributed by atoms with van der Waals surface area (Å²) in [5.74, 6) is 0.178. The lowest BCUT2D eigenvalue weighted by atomic mass is 10.3. The Labute approximate surface area is 72.7 Å². The number of nitrogens with one attached hydrogen (secondary N) is 1. The van der Waals surface area contributed by atoms with Crippen molar-refractivity contribution in [2.75, 3.05) is 12.6 Å². The van der Waals surface area contributed by atoms with Crippen molar-refractivity contribution in [1.82, 2.24) is 15.2 Å². The van der Waals surface area contributed by atoms with E-state index in [2.05, 4.69) is 19.9 Å². The first-order chi connectivity index (χ1) is 6.31. The van der Waals surface area contributed by atoms with Gasteiger partial charge < -0.3 is 10.5 Å². The molecular formula is C7H7FN4O. The summed E-state index contributed by atoms with van der Waals surface area (Å²) in [6.07, 6.45) is 1.49. The zero-order valence-electron chi connectivity index (χ0n) is 6.62. The molecule has 0 saturated carbocycles. The second kappa shape index (κ2) is 2.89. The summed E-state index contributed by atoms with van der Waals surface area (Å²) in [6, 6.07) is 1.62. The molecule has 0 aliphatic carbocycles. The minimum absolute atomic E-state index is 0.178. The number of aromatic nitrogens is 3. The first kappa shape index (κ1) is 7.78. The van der Waals surface area contributed by atoms with E-state index in [1.165, 1.54) is 6.20 Å². The van der Waals surface area contributed by atoms with Crippen LogP contribution in [0.5, 0.6) is 5.88 Å². The van der Waals surface area contributed by atoms with Gasteiger partial charge in [0.1, 0.15) is 0 Å². The van der Waals surface area contributed by atoms with Gasteiger partial charge in [-0.15, -0.1) is 5.10 Å². The molecule has 2 rings (SSSR count). The summed E-state index contributed by atoms with van der Waals surface area (Å²) in [6.45, 7) is -0.922. The maximum absolute atomic E-state index is 11.9. The van der Waals surface area contributed by atoms with Crippen LogP contribution in [0.1, 0.15) is 0 Å². The van der Waals surface area contributed by atoms with Gasteiger partial charge in [-0.05, 0) is 6.07 Å². The molecule has 0 aromatic carbocycles. The van der Waals surface area contributed by atoms with Crippen molar-refractivity contribution in [2.45, 2.75) is 0 Å². The van der Waals surface area contributed by atoms with Gasteiger partial charge >= 0.3 is 0 Å². The Kier molecular flexibility index (Phi) is 1.73. The predicted octanol–water partition coefficient (Wildman–Crippen LogP) is 0.846. The third-order valence-electron chi connectivity index (χ3n) is 1.59. The highest BCUT2D eigenvalue weighted by Crippen LogP contribution is 2.22. The molecule has 6 heteroatoms. The fourth-order valence-electron chi connectivity index (χ4n) is 1.06. The van der Waals surface area contributed by atoms with E-state index in [-0.39, 0.29) is 5.88 Å². The van der Waals surface area contributed by atoms with Crippen molar-refractivity contribution in [2.24, 2.45) is 0 Å². The molecule has 0 radical (unpaired) electrons. The van der Waals surface area contributed by atoms with Gasteiger partial charge in [-0.25, -0.2) is 9.37 Å². The van der Waals surface area contributed by atoms with Crippen molar-refractivity contribution in [3.05, 3.63) is 12.3 Å². The predicted molar refractivity (Wildman–Crippen MR) is 44.9 cm³/mol. The molecule has 0 atom stereocenters. The van der Waals surface area contributed by atoms with Crippen LogP contribution in [-0.4, -0.2) is 22.0 Å². The molecule has 2 aromatic rings. The zero-order valence-corrected chi connectivity index (χ0v) is 6.62. The number of nitrogens with zero attached hydrogens (tertiary/aromatic N) is 2. The number of anilines is 1. The van der Waals surface area contributed by atoms with E-state index in [1.807, 2.05) is 0 Å². The second-order valence-electron chi connectivity index (χ2n) is 2.45. The first-order valence-corrected chi connectivity index (χ1v) is 3.59. The Bertz CT molecular complexity index is 427. The molecule has 0 amide bonds. The molecule has 0 spiro atoms. The highest BCUT2D eigenvalue weighted by Gasteiger charge is 2.07. The summed E-state index contributed by atoms with van der Waals surface area (Å²) in [4.78, 5) is 3.94. The normalized spacial score (nSPS) is 10.5. The monoisotopic (exact) mass is 182 g/mol. The molecular weight excluding hydrogens is 175 g/mol. The lowest BCUT2D eigenvalue weighted by Crippen LogP contribution is -1.91. The molecule has 2 aromatic heterocycles. The number of nitrogen functional groups attached to an aromatic ring is 1. The average Bonchev–Trinajstić information content (AvgIpc) is 2.49. The zero-order chi connectivity index (χ0) is 9.26. The van der Waals surface area contributed by atoms with Crippen LogP contribution in [0, 0.1) is 0 Å². The summed E-state index contributed by atoms with van der Waals surface area (Å²) in [5, 5.41) is 6.89. The lowest BCUT2D eigenvalue weighted by molar-refractivity contribution is 0.186. The van der Waals surface area contributed by atoms with E-state index in [4.69, 9.17) is 5.73 Å². The summed E-state index contributed by atoms with van der Waals surface area (Å²) in [7, 11) is 0. The minimum Gasteiger partial charge on any atom is -0.444 e. The smallest absolute Gasteiger partial charge is 0.244 e. The van der Waals surface area contributed by atoms with Crippen molar-refractivity contribution in [1.29, 1.82) is 0 Å². The Morgan fingerprint density at radius 2 is 2.46 bits per heavy atom. The topological polar surface area (TPSA) is 76.8 Å². The van der Waals surface area contributed by atoms with Gasteiger partial charge in [0.25, 0.3) is 0 Å². The van der Waals surface area contributed by atoms with E-state index in [0.717, 1.165) is 0 Å². The molecule has 0 fully saturated rings. The van der Waals surface area contributed by atoms with E-state index < -0.39 is 6.86 Å². The van der Waals surface area contributed by atoms with Crippen LogP contribution >= 0.6 is 0 Å². The Hall–Kier alpha value is -1.85. The number of pyridine rings is 1. The number of hydrogen-bond donors (Lipinski definition) is 2. The van der Waals surface area contributed by atoms with Crippen LogP contribution in [0.2, 0.25) is 0 Å². The molecule has 13 heavy (non-hydrogen) atoms. The number of alkyl halides is 1. The van der Waals surface area contributed by atoms with Crippen molar-refractivity contribution in [3.8, 4) is 5.88 Å². The molecule has 2 heterocycles. The first-order valence-electron chi connectivity index (χ1n) is 3.59. The number of ether oxygens (including phenoxy) is 1. The Morgan fingerprint density at radius 3 is 3.23 bits per heavy atom. The van der Waals surface area contributed by atoms with Crippen LogP contribution in [0.25, 0.3) is 11.0 Å². The largest absolute Gasteiger partial charge is 0.444 e. The summed E-state index contributed by atoms with van der Waals surface area (Å²) in [5.41, 5.74) is 6.50. The van der Waals surface area contributed by atoms with E-state index in [1.54, 1.807) is 6.07 Å². The van der Waals surface area contributed by atoms with Crippen LogP contribution in [0.15, 0.2) is 12.3 Å². The van der Waals surface area contributed by atoms with Gasteiger partial charge in [-0.1, -0.05) is 0 Å². The molecule has 5 nitrogen and oxygen atoms in total. The fraction of sp³-hybridized carbons (Fsp3) is 0.143. The summed E-state index contributed by atoms with van der Waals surface area (Å²) >= 11 is 0. The Morgan fingerprint density at radius 1 is 1.62 bits per heavy atom. The molecule has 0 aliphatic rings. The number of halogens is 1. The number of nitrogens with two attached hydrogens (primary N) is 1. The number of hydrogen-bond acceptors (Lipinski definition) is 4. The molecule has 0 aliphatic heterocycles. The third-order valence-corrected chi connectivity index (χ3v) is 1.59. The minimum atomic E-state index is -0.922. The van der Waals surface area contributed by atoms with E-state index >= 15 is 0 Å². The lowest BCUT2D eigenvalue weighted by Gasteiger charge is -1.95. The third kappa shape index (κ3) is 1.26. The number of fused-ring (bicyclic) bond motifs is 1. The van der Waals surface area contributed by atoms with Crippen LogP contribution < -0.4 is 10.5 Å². The maximum atomic E-state index is 11.9. The standard InChI is InChI=1S/C7H7FN4O/c8-3-13-7-5-1-4(9)2-10-6(5)11-12-7/h1-2H,3,9H2,(H,10,11,12). The fourth-order valence-corrected chi connectivity index (χ4v) is 1.06. The number of rotatable bonds is 2. The van der Waals surface area contributed by atoms with E-state index in [9.17, 15) is 4.39 Å². The molecule has 3 N–H and O–H groups in total. The quantitative estimate of drug-likeness (QED) is 0.721. The van der Waals surface area contributed by atoms with Crippen molar-refractivity contribution < 1.29 is 9.13 Å². The summed E-state index contributed by atoms with van der Waals surface area (Å²) < 4.78 is 16.5. The van der Waals surface area contributed by atoms with Gasteiger partial charge in [0.15, 0.2) is 5.65 Å². The maximum Gasteiger partial charge on any atom is 0.244 e. The van der Waals surface area contributed by atoms with Crippen LogP contribution in [-0.2, 0) is 0 Å². The van der Waals surface area contributed by atoms with Crippen molar-refractivity contribution in [3.63, 3.8) is 0 Å². The Balaban J connectivity index is 2.58. The van der Waals surface area contributed by atoms with Gasteiger partial charge in [0.05, 0.1) is 17.3 Å². The molecule has 0 bridgehead atoms. The molecule has 0 unspecified atom stereocenters. The van der Waals surface area contributed by atoms with Gasteiger partial charge in [-0.2, -0.15) is 0 Å². The molecule has 0 saturated heterocycles. The van der Waals surface area contributed by atoms with Crippen molar-refractivity contribution >= 4 is 16.7 Å². The molecule has 68 valence electrons. The average molecular weight is 182 g/mol. The SMILES string of the molecule is Nc1cnc2[nH]nc(OCF)c2c1.